The van der Waals surface area contributed by atoms with E-state index in [4.69, 9.17) is 11.6 Å². The van der Waals surface area contributed by atoms with E-state index in [-0.39, 0.29) is 16.8 Å². The highest BCUT2D eigenvalue weighted by Crippen LogP contribution is 2.24. The van der Waals surface area contributed by atoms with Crippen LogP contribution in [0.4, 0.5) is 15.8 Å². The Bertz CT molecular complexity index is 632. The first-order chi connectivity index (χ1) is 9.47. The van der Waals surface area contributed by atoms with Gasteiger partial charge in [0.2, 0.25) is 0 Å². The molecule has 0 bridgehead atoms. The van der Waals surface area contributed by atoms with Crippen LogP contribution < -0.4 is 5.32 Å². The summed E-state index contributed by atoms with van der Waals surface area (Å²) in [4.78, 5) is 10.1. The van der Waals surface area contributed by atoms with Gasteiger partial charge in [0.15, 0.2) is 0 Å². The maximum Gasteiger partial charge on any atom is 0.269 e. The lowest BCUT2D eigenvalue weighted by Crippen LogP contribution is -2.06. The maximum absolute atomic E-state index is 13.4. The summed E-state index contributed by atoms with van der Waals surface area (Å²) < 4.78 is 13.4. The van der Waals surface area contributed by atoms with Crippen molar-refractivity contribution in [2.45, 2.75) is 13.0 Å². The summed E-state index contributed by atoms with van der Waals surface area (Å²) in [5, 5.41) is 13.8. The zero-order valence-electron chi connectivity index (χ0n) is 10.6. The number of hydrogen-bond acceptors (Lipinski definition) is 3. The molecule has 6 heteroatoms. The Morgan fingerprint density at radius 2 is 1.90 bits per heavy atom. The van der Waals surface area contributed by atoms with Crippen LogP contribution in [-0.2, 0) is 0 Å². The van der Waals surface area contributed by atoms with Crippen LogP contribution in [0.25, 0.3) is 0 Å². The van der Waals surface area contributed by atoms with Gasteiger partial charge in [-0.05, 0) is 36.8 Å². The van der Waals surface area contributed by atoms with Crippen molar-refractivity contribution in [3.05, 3.63) is 69.0 Å². The van der Waals surface area contributed by atoms with Crippen molar-refractivity contribution < 1.29 is 9.31 Å². The van der Waals surface area contributed by atoms with E-state index in [2.05, 4.69) is 5.32 Å². The first-order valence-electron chi connectivity index (χ1n) is 5.93. The second-order valence-corrected chi connectivity index (χ2v) is 4.75. The molecule has 0 fully saturated rings. The largest absolute Gasteiger partial charge is 0.379 e. The Morgan fingerprint density at radius 3 is 2.45 bits per heavy atom. The lowest BCUT2D eigenvalue weighted by Gasteiger charge is -2.16. The van der Waals surface area contributed by atoms with E-state index in [1.54, 1.807) is 18.2 Å². The summed E-state index contributed by atoms with van der Waals surface area (Å²) in [6, 6.07) is 10.5. The fourth-order valence-corrected chi connectivity index (χ4v) is 1.91. The fraction of sp³-hybridized carbons (Fsp3) is 0.143. The molecule has 0 aromatic heterocycles. The third kappa shape index (κ3) is 3.24. The molecule has 0 saturated heterocycles. The number of nitro benzene ring substituents is 1. The molecule has 4 nitrogen and oxygen atoms in total. The summed E-state index contributed by atoms with van der Waals surface area (Å²) in [5.41, 5.74) is 1.49. The minimum atomic E-state index is -0.471. The van der Waals surface area contributed by atoms with E-state index in [0.29, 0.717) is 0 Å². The second kappa shape index (κ2) is 5.88. The normalized spacial score (nSPS) is 11.9. The van der Waals surface area contributed by atoms with Crippen molar-refractivity contribution in [3.8, 4) is 0 Å². The molecule has 0 aliphatic carbocycles. The number of nitro groups is 1. The highest BCUT2D eigenvalue weighted by molar-refractivity contribution is 6.30. The Morgan fingerprint density at radius 1 is 1.25 bits per heavy atom. The summed E-state index contributed by atoms with van der Waals surface area (Å²) in [5.74, 6) is -0.471. The molecule has 2 aromatic carbocycles. The number of non-ortho nitro benzene ring substituents is 1. The number of nitrogens with zero attached hydrogens (tertiary/aromatic N) is 1. The highest BCUT2D eigenvalue weighted by atomic mass is 35.5. The molecule has 1 atom stereocenters. The number of nitrogens with one attached hydrogen (secondary N) is 1. The first kappa shape index (κ1) is 14.3. The van der Waals surface area contributed by atoms with E-state index in [9.17, 15) is 14.5 Å². The van der Waals surface area contributed by atoms with Gasteiger partial charge in [-0.15, -0.1) is 0 Å². The van der Waals surface area contributed by atoms with Gasteiger partial charge >= 0.3 is 0 Å². The van der Waals surface area contributed by atoms with Crippen LogP contribution >= 0.6 is 11.6 Å². The molecule has 0 radical (unpaired) electrons. The molecule has 0 spiro atoms. The quantitative estimate of drug-likeness (QED) is 0.664. The zero-order valence-corrected chi connectivity index (χ0v) is 11.4. The van der Waals surface area contributed by atoms with Gasteiger partial charge in [-0.25, -0.2) is 4.39 Å². The second-order valence-electron chi connectivity index (χ2n) is 4.34. The van der Waals surface area contributed by atoms with Crippen molar-refractivity contribution in [3.63, 3.8) is 0 Å². The van der Waals surface area contributed by atoms with Gasteiger partial charge in [0, 0.05) is 23.9 Å². The van der Waals surface area contributed by atoms with Gasteiger partial charge in [-0.2, -0.15) is 0 Å². The number of anilines is 1. The standard InChI is InChI=1S/C14H12ClFN2O2/c1-9(10-2-7-13(15)14(16)8-10)17-11-3-5-12(6-4-11)18(19)20/h2-9,17H,1H3. The number of rotatable bonds is 4. The van der Waals surface area contributed by atoms with Gasteiger partial charge in [-0.3, -0.25) is 10.1 Å². The predicted molar refractivity (Wildman–Crippen MR) is 76.5 cm³/mol. The average Bonchev–Trinajstić information content (AvgIpc) is 2.42. The van der Waals surface area contributed by atoms with Gasteiger partial charge < -0.3 is 5.32 Å². The third-order valence-electron chi connectivity index (χ3n) is 2.90. The van der Waals surface area contributed by atoms with Crippen molar-refractivity contribution in [2.75, 3.05) is 5.32 Å². The van der Waals surface area contributed by atoms with E-state index < -0.39 is 10.7 Å². The maximum atomic E-state index is 13.4. The Balaban J connectivity index is 2.12. The molecule has 20 heavy (non-hydrogen) atoms. The summed E-state index contributed by atoms with van der Waals surface area (Å²) in [6.45, 7) is 1.87. The molecule has 1 unspecified atom stereocenters. The molecule has 0 saturated carbocycles. The number of halogens is 2. The fourth-order valence-electron chi connectivity index (χ4n) is 1.79. The zero-order chi connectivity index (χ0) is 14.7. The minimum absolute atomic E-state index is 0.0285. The van der Waals surface area contributed by atoms with Crippen LogP contribution in [0.1, 0.15) is 18.5 Å². The molecule has 0 amide bonds. The Labute approximate surface area is 120 Å². The van der Waals surface area contributed by atoms with Crippen LogP contribution in [0, 0.1) is 15.9 Å². The van der Waals surface area contributed by atoms with Crippen molar-refractivity contribution >= 4 is 23.0 Å². The van der Waals surface area contributed by atoms with E-state index in [0.717, 1.165) is 11.3 Å². The van der Waals surface area contributed by atoms with Gasteiger partial charge in [-0.1, -0.05) is 17.7 Å². The van der Waals surface area contributed by atoms with Crippen LogP contribution in [0.2, 0.25) is 5.02 Å². The molecule has 0 aliphatic rings. The molecule has 0 aliphatic heterocycles. The van der Waals surface area contributed by atoms with Gasteiger partial charge in [0.05, 0.1) is 9.95 Å². The van der Waals surface area contributed by atoms with Crippen LogP contribution in [0.5, 0.6) is 0 Å². The Hall–Kier alpha value is -2.14. The number of benzene rings is 2. The minimum Gasteiger partial charge on any atom is -0.379 e. The molecule has 0 heterocycles. The highest BCUT2D eigenvalue weighted by Gasteiger charge is 2.09. The Kier molecular flexibility index (Phi) is 4.20. The monoisotopic (exact) mass is 294 g/mol. The number of hydrogen-bond donors (Lipinski definition) is 1. The lowest BCUT2D eigenvalue weighted by atomic mass is 10.1. The summed E-state index contributed by atoms with van der Waals surface area (Å²) in [7, 11) is 0. The smallest absolute Gasteiger partial charge is 0.269 e. The first-order valence-corrected chi connectivity index (χ1v) is 6.31. The SMILES string of the molecule is CC(Nc1ccc([N+](=O)[O-])cc1)c1ccc(Cl)c(F)c1. The van der Waals surface area contributed by atoms with Crippen LogP contribution in [-0.4, -0.2) is 4.92 Å². The third-order valence-corrected chi connectivity index (χ3v) is 3.21. The van der Waals surface area contributed by atoms with E-state index >= 15 is 0 Å². The average molecular weight is 295 g/mol. The predicted octanol–water partition coefficient (Wildman–Crippen LogP) is 4.56. The van der Waals surface area contributed by atoms with Crippen LogP contribution in [0.3, 0.4) is 0 Å². The molecule has 2 rings (SSSR count). The lowest BCUT2D eigenvalue weighted by molar-refractivity contribution is -0.384. The summed E-state index contributed by atoms with van der Waals surface area (Å²) >= 11 is 5.63. The summed E-state index contributed by atoms with van der Waals surface area (Å²) in [6.07, 6.45) is 0. The van der Waals surface area contributed by atoms with Crippen molar-refractivity contribution in [2.24, 2.45) is 0 Å². The molecule has 2 aromatic rings. The van der Waals surface area contributed by atoms with E-state index in [1.807, 2.05) is 6.92 Å². The molecular formula is C14H12ClFN2O2. The van der Waals surface area contributed by atoms with Crippen molar-refractivity contribution in [1.29, 1.82) is 0 Å². The van der Waals surface area contributed by atoms with Gasteiger partial charge in [0.1, 0.15) is 5.82 Å². The molecule has 104 valence electrons. The van der Waals surface area contributed by atoms with Crippen LogP contribution in [0.15, 0.2) is 42.5 Å². The molecular weight excluding hydrogens is 283 g/mol. The van der Waals surface area contributed by atoms with E-state index in [1.165, 1.54) is 24.3 Å². The molecule has 1 N–H and O–H groups in total. The topological polar surface area (TPSA) is 55.2 Å². The van der Waals surface area contributed by atoms with Crippen molar-refractivity contribution in [1.82, 2.24) is 0 Å². The van der Waals surface area contributed by atoms with Gasteiger partial charge in [0.25, 0.3) is 5.69 Å².